The molecule has 1 amide bonds. The molecule has 2 aromatic carbocycles. The second kappa shape index (κ2) is 10.1. The highest BCUT2D eigenvalue weighted by molar-refractivity contribution is 6.30. The first kappa shape index (κ1) is 22.9. The quantitative estimate of drug-likeness (QED) is 0.495. The Hall–Kier alpha value is -3.32. The number of amides is 1. The molecule has 1 aromatic heterocycles. The highest BCUT2D eigenvalue weighted by Gasteiger charge is 2.31. The Labute approximate surface area is 197 Å². The summed E-state index contributed by atoms with van der Waals surface area (Å²) in [6.45, 7) is 3.02. The molecule has 172 valence electrons. The summed E-state index contributed by atoms with van der Waals surface area (Å²) in [5.41, 5.74) is 2.60. The van der Waals surface area contributed by atoms with Gasteiger partial charge < -0.3 is 14.4 Å². The first-order chi connectivity index (χ1) is 16.0. The van der Waals surface area contributed by atoms with E-state index in [1.165, 1.54) is 0 Å². The maximum absolute atomic E-state index is 13.6. The van der Waals surface area contributed by atoms with Crippen LogP contribution in [0.4, 0.5) is 0 Å². The van der Waals surface area contributed by atoms with Gasteiger partial charge in [-0.25, -0.2) is 4.68 Å². The number of aromatic nitrogens is 2. The average Bonchev–Trinajstić information content (AvgIpc) is 3.29. The number of hydrogen-bond donors (Lipinski definition) is 0. The third-order valence-electron chi connectivity index (χ3n) is 5.70. The Kier molecular flexibility index (Phi) is 6.99. The molecule has 0 saturated carbocycles. The highest BCUT2D eigenvalue weighted by atomic mass is 35.5. The van der Waals surface area contributed by atoms with Gasteiger partial charge in [0.2, 0.25) is 0 Å². The van der Waals surface area contributed by atoms with Gasteiger partial charge in [0.15, 0.2) is 0 Å². The molecule has 1 fully saturated rings. The fourth-order valence-electron chi connectivity index (χ4n) is 4.02. The number of piperidine rings is 1. The van der Waals surface area contributed by atoms with Crippen molar-refractivity contribution in [3.8, 4) is 22.7 Å². The summed E-state index contributed by atoms with van der Waals surface area (Å²) < 4.78 is 12.0. The summed E-state index contributed by atoms with van der Waals surface area (Å²) in [6.07, 6.45) is 1.46. The number of likely N-dealkylation sites (tertiary alicyclic amines) is 1. The first-order valence-corrected chi connectivity index (χ1v) is 11.3. The molecule has 0 spiro atoms. The molecule has 1 aliphatic heterocycles. The molecule has 1 atom stereocenters. The molecule has 0 bridgehead atoms. The monoisotopic (exact) mass is 467 g/mol. The van der Waals surface area contributed by atoms with Crippen molar-refractivity contribution < 1.29 is 19.1 Å². The standard InChI is InChI=1S/C25H26ClN3O4/c1-3-33-25(31)18-6-5-13-28(16-18)24(30)23-15-22(17-9-11-21(32-2)12-10-17)27-29(23)20-8-4-7-19(26)14-20/h4,7-12,14-15,18H,3,5-6,13,16H2,1-2H3. The van der Waals surface area contributed by atoms with Crippen LogP contribution in [0.1, 0.15) is 30.3 Å². The number of hydrogen-bond acceptors (Lipinski definition) is 5. The summed E-state index contributed by atoms with van der Waals surface area (Å²) in [7, 11) is 1.61. The van der Waals surface area contributed by atoms with Gasteiger partial charge in [0.25, 0.3) is 5.91 Å². The molecule has 8 heteroatoms. The number of rotatable bonds is 6. The Bertz CT molecular complexity index is 1140. The Balaban J connectivity index is 1.70. The first-order valence-electron chi connectivity index (χ1n) is 11.0. The van der Waals surface area contributed by atoms with Crippen molar-refractivity contribution in [2.75, 3.05) is 26.8 Å². The Morgan fingerprint density at radius 2 is 1.94 bits per heavy atom. The molecule has 0 N–H and O–H groups in total. The molecule has 4 rings (SSSR count). The van der Waals surface area contributed by atoms with Gasteiger partial charge in [-0.05, 0) is 68.3 Å². The maximum Gasteiger partial charge on any atom is 0.310 e. The highest BCUT2D eigenvalue weighted by Crippen LogP contribution is 2.27. The maximum atomic E-state index is 13.6. The van der Waals surface area contributed by atoms with Crippen molar-refractivity contribution in [1.29, 1.82) is 0 Å². The number of carbonyl (C=O) groups is 2. The smallest absolute Gasteiger partial charge is 0.310 e. The predicted octanol–water partition coefficient (Wildman–Crippen LogP) is 4.62. The molecule has 1 unspecified atom stereocenters. The molecular formula is C25H26ClN3O4. The molecular weight excluding hydrogens is 442 g/mol. The van der Waals surface area contributed by atoms with Gasteiger partial charge in [0.1, 0.15) is 11.4 Å². The number of methoxy groups -OCH3 is 1. The minimum Gasteiger partial charge on any atom is -0.497 e. The van der Waals surface area contributed by atoms with E-state index in [-0.39, 0.29) is 17.8 Å². The summed E-state index contributed by atoms with van der Waals surface area (Å²) in [5.74, 6) is -0.0117. The number of ether oxygens (including phenoxy) is 2. The van der Waals surface area contributed by atoms with Crippen LogP contribution < -0.4 is 4.74 Å². The largest absolute Gasteiger partial charge is 0.497 e. The molecule has 1 saturated heterocycles. The van der Waals surface area contributed by atoms with Crippen LogP contribution in [0.25, 0.3) is 16.9 Å². The van der Waals surface area contributed by atoms with Crippen LogP contribution in [0.3, 0.4) is 0 Å². The van der Waals surface area contributed by atoms with E-state index in [1.807, 2.05) is 36.4 Å². The number of nitrogens with zero attached hydrogens (tertiary/aromatic N) is 3. The fraction of sp³-hybridized carbons (Fsp3) is 0.320. The normalized spacial score (nSPS) is 15.8. The zero-order valence-electron chi connectivity index (χ0n) is 18.7. The lowest BCUT2D eigenvalue weighted by atomic mass is 9.98. The lowest BCUT2D eigenvalue weighted by Gasteiger charge is -2.31. The molecule has 3 aromatic rings. The lowest BCUT2D eigenvalue weighted by Crippen LogP contribution is -2.43. The van der Waals surface area contributed by atoms with Crippen LogP contribution >= 0.6 is 11.6 Å². The molecule has 7 nitrogen and oxygen atoms in total. The number of carbonyl (C=O) groups excluding carboxylic acids is 2. The van der Waals surface area contributed by atoms with Crippen molar-refractivity contribution in [2.24, 2.45) is 5.92 Å². The van der Waals surface area contributed by atoms with E-state index in [2.05, 4.69) is 0 Å². The zero-order chi connectivity index (χ0) is 23.4. The number of esters is 1. The Morgan fingerprint density at radius 3 is 2.64 bits per heavy atom. The van der Waals surface area contributed by atoms with E-state index >= 15 is 0 Å². The summed E-state index contributed by atoms with van der Waals surface area (Å²) in [6, 6.07) is 16.5. The van der Waals surface area contributed by atoms with E-state index in [1.54, 1.807) is 41.8 Å². The third-order valence-corrected chi connectivity index (χ3v) is 5.93. The summed E-state index contributed by atoms with van der Waals surface area (Å²) in [4.78, 5) is 27.6. The van der Waals surface area contributed by atoms with Gasteiger partial charge in [-0.15, -0.1) is 0 Å². The van der Waals surface area contributed by atoms with E-state index < -0.39 is 0 Å². The average molecular weight is 468 g/mol. The predicted molar refractivity (Wildman–Crippen MR) is 126 cm³/mol. The van der Waals surface area contributed by atoms with Crippen molar-refractivity contribution in [3.05, 3.63) is 65.3 Å². The van der Waals surface area contributed by atoms with Crippen LogP contribution in [0.5, 0.6) is 5.75 Å². The van der Waals surface area contributed by atoms with Crippen LogP contribution in [0.2, 0.25) is 5.02 Å². The molecule has 2 heterocycles. The van der Waals surface area contributed by atoms with Crippen molar-refractivity contribution in [2.45, 2.75) is 19.8 Å². The van der Waals surface area contributed by atoms with Crippen molar-refractivity contribution in [1.82, 2.24) is 14.7 Å². The van der Waals surface area contributed by atoms with Crippen LogP contribution in [-0.4, -0.2) is 53.4 Å². The SMILES string of the molecule is CCOC(=O)C1CCCN(C(=O)c2cc(-c3ccc(OC)cc3)nn2-c2cccc(Cl)c2)C1. The second-order valence-corrected chi connectivity index (χ2v) is 8.31. The van der Waals surface area contributed by atoms with Gasteiger partial charge in [0, 0.05) is 23.7 Å². The van der Waals surface area contributed by atoms with Crippen LogP contribution in [-0.2, 0) is 9.53 Å². The van der Waals surface area contributed by atoms with Crippen molar-refractivity contribution >= 4 is 23.5 Å². The summed E-state index contributed by atoms with van der Waals surface area (Å²) >= 11 is 6.21. The second-order valence-electron chi connectivity index (χ2n) is 7.88. The molecule has 0 aliphatic carbocycles. The van der Waals surface area contributed by atoms with E-state index in [0.29, 0.717) is 48.2 Å². The van der Waals surface area contributed by atoms with Gasteiger partial charge >= 0.3 is 5.97 Å². The van der Waals surface area contributed by atoms with E-state index in [4.69, 9.17) is 26.2 Å². The number of benzene rings is 2. The van der Waals surface area contributed by atoms with E-state index in [9.17, 15) is 9.59 Å². The van der Waals surface area contributed by atoms with Gasteiger partial charge in [-0.2, -0.15) is 5.10 Å². The minimum atomic E-state index is -0.314. The topological polar surface area (TPSA) is 73.7 Å². The Morgan fingerprint density at radius 1 is 1.15 bits per heavy atom. The van der Waals surface area contributed by atoms with Crippen LogP contribution in [0, 0.1) is 5.92 Å². The molecule has 1 aliphatic rings. The zero-order valence-corrected chi connectivity index (χ0v) is 19.4. The molecule has 33 heavy (non-hydrogen) atoms. The van der Waals surface area contributed by atoms with Gasteiger partial charge in [-0.3, -0.25) is 9.59 Å². The third kappa shape index (κ3) is 5.03. The number of halogens is 1. The van der Waals surface area contributed by atoms with Crippen molar-refractivity contribution in [3.63, 3.8) is 0 Å². The van der Waals surface area contributed by atoms with Crippen LogP contribution in [0.15, 0.2) is 54.6 Å². The van der Waals surface area contributed by atoms with Gasteiger partial charge in [-0.1, -0.05) is 17.7 Å². The fourth-order valence-corrected chi connectivity index (χ4v) is 4.20. The van der Waals surface area contributed by atoms with Gasteiger partial charge in [0.05, 0.1) is 31.0 Å². The van der Waals surface area contributed by atoms with E-state index in [0.717, 1.165) is 17.7 Å². The minimum absolute atomic E-state index is 0.184. The molecule has 0 radical (unpaired) electrons. The summed E-state index contributed by atoms with van der Waals surface area (Å²) in [5, 5.41) is 5.27. The lowest BCUT2D eigenvalue weighted by molar-refractivity contribution is -0.149.